The second-order valence-corrected chi connectivity index (χ2v) is 7.09. The summed E-state index contributed by atoms with van der Waals surface area (Å²) in [4.78, 5) is 12.7. The maximum Gasteiger partial charge on any atom is 0.269 e. The monoisotopic (exact) mass is 376 g/mol. The number of carbonyl (C=O) groups is 1. The van der Waals surface area contributed by atoms with E-state index in [0.717, 1.165) is 37.2 Å². The molecule has 1 amide bonds. The zero-order chi connectivity index (χ0) is 19.4. The number of aromatic nitrogens is 2. The van der Waals surface area contributed by atoms with Crippen molar-refractivity contribution in [3.05, 3.63) is 66.4 Å². The number of hydrogen-bond donors (Lipinski definition) is 3. The molecular formula is C22H24N4O2. The van der Waals surface area contributed by atoms with Crippen LogP contribution in [-0.4, -0.2) is 34.7 Å². The molecule has 1 unspecified atom stereocenters. The van der Waals surface area contributed by atoms with Gasteiger partial charge in [0.1, 0.15) is 17.2 Å². The lowest BCUT2D eigenvalue weighted by molar-refractivity contribution is 0.0898. The van der Waals surface area contributed by atoms with Crippen LogP contribution in [0.5, 0.6) is 11.5 Å². The van der Waals surface area contributed by atoms with Crippen LogP contribution in [0.4, 0.5) is 0 Å². The fraction of sp³-hybridized carbons (Fsp3) is 0.273. The van der Waals surface area contributed by atoms with E-state index in [4.69, 9.17) is 4.74 Å². The van der Waals surface area contributed by atoms with Gasteiger partial charge in [0, 0.05) is 12.1 Å². The second-order valence-electron chi connectivity index (χ2n) is 7.09. The number of H-pyrrole nitrogens is 1. The van der Waals surface area contributed by atoms with Gasteiger partial charge in [0.25, 0.3) is 5.91 Å². The van der Waals surface area contributed by atoms with Crippen LogP contribution < -0.4 is 15.4 Å². The van der Waals surface area contributed by atoms with Crippen molar-refractivity contribution in [2.75, 3.05) is 13.1 Å². The number of para-hydroxylation sites is 2. The predicted molar refractivity (Wildman–Crippen MR) is 109 cm³/mol. The van der Waals surface area contributed by atoms with Gasteiger partial charge < -0.3 is 15.4 Å². The van der Waals surface area contributed by atoms with Crippen LogP contribution in [0.15, 0.2) is 60.7 Å². The van der Waals surface area contributed by atoms with Gasteiger partial charge in [-0.25, -0.2) is 0 Å². The number of benzene rings is 2. The molecule has 28 heavy (non-hydrogen) atoms. The topological polar surface area (TPSA) is 79.0 Å². The highest BCUT2D eigenvalue weighted by molar-refractivity contribution is 5.94. The molecule has 2 heterocycles. The lowest BCUT2D eigenvalue weighted by Crippen LogP contribution is -2.49. The molecule has 1 saturated heterocycles. The van der Waals surface area contributed by atoms with Crippen molar-refractivity contribution in [1.82, 2.24) is 20.8 Å². The number of rotatable bonds is 6. The third-order valence-electron chi connectivity index (χ3n) is 5.26. The summed E-state index contributed by atoms with van der Waals surface area (Å²) in [5.41, 5.74) is 1.77. The first-order valence-corrected chi connectivity index (χ1v) is 9.60. The van der Waals surface area contributed by atoms with Crippen molar-refractivity contribution in [3.63, 3.8) is 0 Å². The number of nitrogens with one attached hydrogen (secondary N) is 3. The summed E-state index contributed by atoms with van der Waals surface area (Å²) in [6, 6.07) is 19.1. The highest BCUT2D eigenvalue weighted by Crippen LogP contribution is 2.32. The van der Waals surface area contributed by atoms with Crippen LogP contribution in [0.2, 0.25) is 0 Å². The molecule has 3 aromatic rings. The van der Waals surface area contributed by atoms with Crippen LogP contribution in [0.25, 0.3) is 11.3 Å². The third kappa shape index (κ3) is 3.77. The maximum absolute atomic E-state index is 12.7. The van der Waals surface area contributed by atoms with Gasteiger partial charge in [-0.15, -0.1) is 0 Å². The molecule has 1 aliphatic heterocycles. The summed E-state index contributed by atoms with van der Waals surface area (Å²) < 4.78 is 6.01. The number of ether oxygens (including phenoxy) is 1. The second kappa shape index (κ2) is 7.86. The minimum Gasteiger partial charge on any atom is -0.457 e. The van der Waals surface area contributed by atoms with E-state index in [1.807, 2.05) is 54.6 Å². The van der Waals surface area contributed by atoms with Crippen molar-refractivity contribution in [2.24, 2.45) is 0 Å². The summed E-state index contributed by atoms with van der Waals surface area (Å²) in [5.74, 6) is 1.31. The van der Waals surface area contributed by atoms with Gasteiger partial charge in [-0.2, -0.15) is 5.10 Å². The summed E-state index contributed by atoms with van der Waals surface area (Å²) >= 11 is 0. The Morgan fingerprint density at radius 1 is 1.18 bits per heavy atom. The quantitative estimate of drug-likeness (QED) is 0.612. The molecule has 0 saturated carbocycles. The minimum absolute atomic E-state index is 0.134. The van der Waals surface area contributed by atoms with Gasteiger partial charge >= 0.3 is 0 Å². The third-order valence-corrected chi connectivity index (χ3v) is 5.26. The summed E-state index contributed by atoms with van der Waals surface area (Å²) in [6.45, 7) is 3.82. The highest BCUT2D eigenvalue weighted by Gasteiger charge is 2.34. The number of hydrogen-bond acceptors (Lipinski definition) is 4. The highest BCUT2D eigenvalue weighted by atomic mass is 16.5. The Hall–Kier alpha value is -3.12. The largest absolute Gasteiger partial charge is 0.457 e. The van der Waals surface area contributed by atoms with Crippen molar-refractivity contribution < 1.29 is 9.53 Å². The first-order chi connectivity index (χ1) is 13.7. The normalized spacial score (nSPS) is 18.8. The van der Waals surface area contributed by atoms with E-state index in [1.54, 1.807) is 6.07 Å². The molecular weight excluding hydrogens is 352 g/mol. The molecule has 6 nitrogen and oxygen atoms in total. The lowest BCUT2D eigenvalue weighted by Gasteiger charge is -2.27. The molecule has 4 rings (SSSR count). The predicted octanol–water partition coefficient (Wildman–Crippen LogP) is 3.74. The molecule has 0 bridgehead atoms. The van der Waals surface area contributed by atoms with E-state index in [1.165, 1.54) is 0 Å². The summed E-state index contributed by atoms with van der Waals surface area (Å²) in [6.07, 6.45) is 1.82. The van der Waals surface area contributed by atoms with Gasteiger partial charge in [-0.1, -0.05) is 37.3 Å². The fourth-order valence-electron chi connectivity index (χ4n) is 3.51. The molecule has 1 fully saturated rings. The Morgan fingerprint density at radius 3 is 2.71 bits per heavy atom. The Morgan fingerprint density at radius 2 is 1.96 bits per heavy atom. The van der Waals surface area contributed by atoms with E-state index >= 15 is 0 Å². The molecule has 1 atom stereocenters. The standard InChI is InChI=1S/C22H24N4O2/c1-2-22(12-13-23-15-22)24-21(27)19-14-18(25-26-19)17-10-6-7-11-20(17)28-16-8-4-3-5-9-16/h3-11,14,23H,2,12-13,15H2,1H3,(H,24,27)(H,25,26). The molecule has 0 spiro atoms. The van der Waals surface area contributed by atoms with E-state index in [-0.39, 0.29) is 11.4 Å². The molecule has 0 aliphatic carbocycles. The van der Waals surface area contributed by atoms with Gasteiger partial charge in [0.15, 0.2) is 0 Å². The zero-order valence-electron chi connectivity index (χ0n) is 15.9. The van der Waals surface area contributed by atoms with Crippen LogP contribution in [0.3, 0.4) is 0 Å². The van der Waals surface area contributed by atoms with Crippen LogP contribution >= 0.6 is 0 Å². The Kier molecular flexibility index (Phi) is 5.12. The number of nitrogens with zero attached hydrogens (tertiary/aromatic N) is 1. The van der Waals surface area contributed by atoms with Gasteiger partial charge in [0.2, 0.25) is 0 Å². The van der Waals surface area contributed by atoms with E-state index in [9.17, 15) is 4.79 Å². The molecule has 2 aromatic carbocycles. The first kappa shape index (κ1) is 18.3. The number of carbonyl (C=O) groups excluding carboxylic acids is 1. The fourth-order valence-corrected chi connectivity index (χ4v) is 3.51. The molecule has 6 heteroatoms. The first-order valence-electron chi connectivity index (χ1n) is 9.60. The van der Waals surface area contributed by atoms with E-state index in [0.29, 0.717) is 17.1 Å². The smallest absolute Gasteiger partial charge is 0.269 e. The van der Waals surface area contributed by atoms with Crippen LogP contribution in [-0.2, 0) is 0 Å². The Labute approximate surface area is 164 Å². The number of aromatic amines is 1. The molecule has 144 valence electrons. The average molecular weight is 376 g/mol. The van der Waals surface area contributed by atoms with Crippen molar-refractivity contribution in [3.8, 4) is 22.8 Å². The minimum atomic E-state index is -0.184. The van der Waals surface area contributed by atoms with E-state index < -0.39 is 0 Å². The van der Waals surface area contributed by atoms with E-state index in [2.05, 4.69) is 27.8 Å². The van der Waals surface area contributed by atoms with Crippen molar-refractivity contribution in [2.45, 2.75) is 25.3 Å². The van der Waals surface area contributed by atoms with Crippen molar-refractivity contribution >= 4 is 5.91 Å². The summed E-state index contributed by atoms with van der Waals surface area (Å²) in [5, 5.41) is 13.7. The zero-order valence-corrected chi connectivity index (χ0v) is 15.9. The summed E-state index contributed by atoms with van der Waals surface area (Å²) in [7, 11) is 0. The van der Waals surface area contributed by atoms with Crippen LogP contribution in [0.1, 0.15) is 30.3 Å². The maximum atomic E-state index is 12.7. The lowest BCUT2D eigenvalue weighted by atomic mass is 9.95. The van der Waals surface area contributed by atoms with Gasteiger partial charge in [0.05, 0.1) is 11.2 Å². The number of amides is 1. The van der Waals surface area contributed by atoms with Gasteiger partial charge in [-0.3, -0.25) is 9.89 Å². The molecule has 1 aromatic heterocycles. The Balaban J connectivity index is 1.55. The molecule has 3 N–H and O–H groups in total. The van der Waals surface area contributed by atoms with Crippen LogP contribution in [0, 0.1) is 0 Å². The average Bonchev–Trinajstić information content (AvgIpc) is 3.40. The molecule has 0 radical (unpaired) electrons. The van der Waals surface area contributed by atoms with Gasteiger partial charge in [-0.05, 0) is 49.7 Å². The Bertz CT molecular complexity index is 946. The van der Waals surface area contributed by atoms with Crippen molar-refractivity contribution in [1.29, 1.82) is 0 Å². The SMILES string of the molecule is CCC1(NC(=O)c2cc(-c3ccccc3Oc3ccccc3)n[nH]2)CCNC1. The molecule has 1 aliphatic rings.